The molecule has 0 aliphatic carbocycles. The van der Waals surface area contributed by atoms with Crippen molar-refractivity contribution in [3.8, 4) is 0 Å². The summed E-state index contributed by atoms with van der Waals surface area (Å²) in [5.74, 6) is 0.314. The molecule has 1 aromatic rings. The van der Waals surface area contributed by atoms with E-state index in [4.69, 9.17) is 5.73 Å². The number of hydrogen-bond donors (Lipinski definition) is 3. The summed E-state index contributed by atoms with van der Waals surface area (Å²) in [7, 11) is -3.48. The highest BCUT2D eigenvalue weighted by atomic mass is 32.2. The van der Waals surface area contributed by atoms with E-state index in [1.54, 1.807) is 24.3 Å². The van der Waals surface area contributed by atoms with Crippen molar-refractivity contribution in [2.45, 2.75) is 31.7 Å². The zero-order valence-electron chi connectivity index (χ0n) is 12.1. The van der Waals surface area contributed by atoms with Crippen LogP contribution in [0.3, 0.4) is 0 Å². The van der Waals surface area contributed by atoms with Gasteiger partial charge in [-0.05, 0) is 32.9 Å². The normalized spacial score (nSPS) is 12.7. The van der Waals surface area contributed by atoms with Crippen LogP contribution in [0, 0.1) is 6.92 Å². The van der Waals surface area contributed by atoms with E-state index < -0.39 is 10.0 Å². The van der Waals surface area contributed by atoms with Gasteiger partial charge in [-0.25, -0.2) is 13.1 Å². The molecule has 0 heterocycles. The number of aryl methyl sites for hydroxylation is 1. The van der Waals surface area contributed by atoms with Gasteiger partial charge in [-0.2, -0.15) is 0 Å². The molecule has 20 heavy (non-hydrogen) atoms. The molecule has 0 aliphatic heterocycles. The molecule has 0 aromatic heterocycles. The van der Waals surface area contributed by atoms with Gasteiger partial charge in [0.25, 0.3) is 0 Å². The molecule has 0 aliphatic rings. The molecule has 0 fully saturated rings. The number of guanidine groups is 1. The van der Waals surface area contributed by atoms with E-state index in [-0.39, 0.29) is 24.0 Å². The molecule has 1 aromatic carbocycles. The van der Waals surface area contributed by atoms with Crippen LogP contribution in [0.25, 0.3) is 0 Å². The molecule has 112 valence electrons. The van der Waals surface area contributed by atoms with Crippen LogP contribution in [-0.2, 0) is 10.0 Å². The Bertz CT molecular complexity index is 550. The van der Waals surface area contributed by atoms with E-state index in [0.29, 0.717) is 5.96 Å². The fourth-order valence-corrected chi connectivity index (χ4v) is 2.52. The van der Waals surface area contributed by atoms with Gasteiger partial charge in [-0.3, -0.25) is 4.99 Å². The molecule has 0 amide bonds. The van der Waals surface area contributed by atoms with Crippen LogP contribution < -0.4 is 15.8 Å². The molecular formula is C13H22N4O2S. The van der Waals surface area contributed by atoms with Crippen molar-refractivity contribution in [2.24, 2.45) is 10.7 Å². The summed E-state index contributed by atoms with van der Waals surface area (Å²) in [5, 5.41) is 2.93. The van der Waals surface area contributed by atoms with Gasteiger partial charge >= 0.3 is 0 Å². The average molecular weight is 298 g/mol. The minimum atomic E-state index is -3.48. The lowest BCUT2D eigenvalue weighted by Crippen LogP contribution is -2.37. The fourth-order valence-electron chi connectivity index (χ4n) is 1.50. The summed E-state index contributed by atoms with van der Waals surface area (Å²) in [6, 6.07) is 6.88. The summed E-state index contributed by atoms with van der Waals surface area (Å²) in [4.78, 5) is 4.28. The number of benzene rings is 1. The zero-order valence-corrected chi connectivity index (χ0v) is 12.9. The molecular weight excluding hydrogens is 276 g/mol. The van der Waals surface area contributed by atoms with Crippen molar-refractivity contribution in [1.82, 2.24) is 10.0 Å². The number of sulfonamides is 1. The van der Waals surface area contributed by atoms with Crippen molar-refractivity contribution >= 4 is 16.0 Å². The van der Waals surface area contributed by atoms with Crippen molar-refractivity contribution in [3.05, 3.63) is 29.8 Å². The Morgan fingerprint density at radius 2 is 1.90 bits per heavy atom. The molecule has 0 atom stereocenters. The average Bonchev–Trinajstić information content (AvgIpc) is 2.34. The zero-order chi connectivity index (χ0) is 15.2. The molecule has 0 saturated carbocycles. The van der Waals surface area contributed by atoms with Gasteiger partial charge in [0.05, 0.1) is 11.4 Å². The smallest absolute Gasteiger partial charge is 0.240 e. The van der Waals surface area contributed by atoms with Crippen molar-refractivity contribution in [3.63, 3.8) is 0 Å². The molecule has 0 spiro atoms. The predicted octanol–water partition coefficient (Wildman–Crippen LogP) is 0.586. The third-order valence-corrected chi connectivity index (χ3v) is 3.93. The lowest BCUT2D eigenvalue weighted by atomic mass is 10.2. The summed E-state index contributed by atoms with van der Waals surface area (Å²) in [6.45, 7) is 6.29. The van der Waals surface area contributed by atoms with E-state index in [0.717, 1.165) is 5.56 Å². The molecule has 4 N–H and O–H groups in total. The summed E-state index contributed by atoms with van der Waals surface area (Å²) >= 11 is 0. The van der Waals surface area contributed by atoms with Crippen LogP contribution in [0.4, 0.5) is 0 Å². The number of aliphatic imine (C=N–C) groups is 1. The maximum atomic E-state index is 12.0. The molecule has 7 heteroatoms. The number of nitrogens with one attached hydrogen (secondary N) is 2. The second-order valence-corrected chi connectivity index (χ2v) is 6.54. The summed E-state index contributed by atoms with van der Waals surface area (Å²) < 4.78 is 26.4. The quantitative estimate of drug-likeness (QED) is 0.407. The standard InChI is InChI=1S/C13H22N4O2S/c1-10(2)17-13(14)15-8-9-16-20(18,19)12-6-4-11(3)5-7-12/h4-7,10,16H,8-9H2,1-3H3,(H3,14,15,17). The van der Waals surface area contributed by atoms with Gasteiger partial charge in [0.1, 0.15) is 0 Å². The first-order valence-corrected chi connectivity index (χ1v) is 7.92. The monoisotopic (exact) mass is 298 g/mol. The van der Waals surface area contributed by atoms with Crippen LogP contribution in [-0.4, -0.2) is 33.5 Å². The topological polar surface area (TPSA) is 96.6 Å². The fraction of sp³-hybridized carbons (Fsp3) is 0.462. The molecule has 1 rings (SSSR count). The van der Waals surface area contributed by atoms with Crippen LogP contribution in [0.15, 0.2) is 34.2 Å². The first-order chi connectivity index (χ1) is 9.31. The van der Waals surface area contributed by atoms with E-state index in [9.17, 15) is 8.42 Å². The highest BCUT2D eigenvalue weighted by Gasteiger charge is 2.12. The van der Waals surface area contributed by atoms with Crippen molar-refractivity contribution < 1.29 is 8.42 Å². The Morgan fingerprint density at radius 1 is 1.30 bits per heavy atom. The Labute approximate surface area is 120 Å². The molecule has 6 nitrogen and oxygen atoms in total. The lowest BCUT2D eigenvalue weighted by molar-refractivity contribution is 0.582. The Kier molecular flexibility index (Phi) is 5.97. The summed E-state index contributed by atoms with van der Waals surface area (Å²) in [6.07, 6.45) is 0. The van der Waals surface area contributed by atoms with E-state index in [1.807, 2.05) is 20.8 Å². The van der Waals surface area contributed by atoms with Crippen molar-refractivity contribution in [1.29, 1.82) is 0 Å². The maximum Gasteiger partial charge on any atom is 0.240 e. The molecule has 0 unspecified atom stereocenters. The van der Waals surface area contributed by atoms with Crippen LogP contribution in [0.2, 0.25) is 0 Å². The second kappa shape index (κ2) is 7.25. The van der Waals surface area contributed by atoms with E-state index in [2.05, 4.69) is 15.0 Å². The first-order valence-electron chi connectivity index (χ1n) is 6.44. The van der Waals surface area contributed by atoms with Crippen LogP contribution in [0.5, 0.6) is 0 Å². The Hall–Kier alpha value is -1.60. The van der Waals surface area contributed by atoms with Gasteiger partial charge in [0.2, 0.25) is 10.0 Å². The minimum absolute atomic E-state index is 0.197. The van der Waals surface area contributed by atoms with E-state index in [1.165, 1.54) is 0 Å². The predicted molar refractivity (Wildman–Crippen MR) is 81.1 cm³/mol. The highest BCUT2D eigenvalue weighted by molar-refractivity contribution is 7.89. The van der Waals surface area contributed by atoms with Gasteiger partial charge in [-0.15, -0.1) is 0 Å². The molecule has 0 saturated heterocycles. The minimum Gasteiger partial charge on any atom is -0.370 e. The van der Waals surface area contributed by atoms with E-state index >= 15 is 0 Å². The molecule has 0 bridgehead atoms. The first kappa shape index (κ1) is 16.5. The summed E-state index contributed by atoms with van der Waals surface area (Å²) in [5.41, 5.74) is 6.63. The lowest BCUT2D eigenvalue weighted by Gasteiger charge is -2.09. The highest BCUT2D eigenvalue weighted by Crippen LogP contribution is 2.09. The largest absolute Gasteiger partial charge is 0.370 e. The number of hydrogen-bond acceptors (Lipinski definition) is 3. The Morgan fingerprint density at radius 3 is 2.45 bits per heavy atom. The second-order valence-electron chi connectivity index (χ2n) is 4.78. The maximum absolute atomic E-state index is 12.0. The Balaban J connectivity index is 2.50. The van der Waals surface area contributed by atoms with Crippen molar-refractivity contribution in [2.75, 3.05) is 13.1 Å². The number of nitrogens with zero attached hydrogens (tertiary/aromatic N) is 1. The number of rotatable bonds is 6. The van der Waals surface area contributed by atoms with Gasteiger partial charge in [0, 0.05) is 12.6 Å². The van der Waals surface area contributed by atoms with Gasteiger partial charge in [-0.1, -0.05) is 17.7 Å². The van der Waals surface area contributed by atoms with Gasteiger partial charge in [0.15, 0.2) is 5.96 Å². The number of nitrogens with two attached hydrogens (primary N) is 1. The van der Waals surface area contributed by atoms with Gasteiger partial charge < -0.3 is 11.1 Å². The third-order valence-electron chi connectivity index (χ3n) is 2.45. The molecule has 0 radical (unpaired) electrons. The SMILES string of the molecule is Cc1ccc(S(=O)(=O)NCCN=C(N)NC(C)C)cc1. The van der Waals surface area contributed by atoms with Crippen LogP contribution >= 0.6 is 0 Å². The third kappa shape index (κ3) is 5.58. The van der Waals surface area contributed by atoms with Crippen LogP contribution in [0.1, 0.15) is 19.4 Å².